The van der Waals surface area contributed by atoms with Gasteiger partial charge in [0, 0.05) is 11.7 Å². The second-order valence-electron chi connectivity index (χ2n) is 4.94. The third-order valence-electron chi connectivity index (χ3n) is 3.07. The van der Waals surface area contributed by atoms with Crippen molar-refractivity contribution in [2.75, 3.05) is 5.32 Å². The van der Waals surface area contributed by atoms with Crippen molar-refractivity contribution in [1.29, 1.82) is 0 Å². The molecule has 1 heterocycles. The largest absolute Gasteiger partial charge is 0.324 e. The third-order valence-corrected chi connectivity index (χ3v) is 3.07. The number of para-hydroxylation sites is 1. The fourth-order valence-electron chi connectivity index (χ4n) is 1.94. The van der Waals surface area contributed by atoms with Gasteiger partial charge in [-0.15, -0.1) is 5.10 Å². The smallest absolute Gasteiger partial charge is 0.246 e. The number of amides is 1. The van der Waals surface area contributed by atoms with Crippen LogP contribution in [-0.4, -0.2) is 20.9 Å². The average Bonchev–Trinajstić information content (AvgIpc) is 2.82. The van der Waals surface area contributed by atoms with E-state index in [1.165, 1.54) is 4.68 Å². The van der Waals surface area contributed by atoms with E-state index in [0.717, 1.165) is 16.8 Å². The minimum atomic E-state index is -0.189. The zero-order valence-electron chi connectivity index (χ0n) is 11.9. The monoisotopic (exact) mass is 273 g/mol. The number of rotatable bonds is 4. The third kappa shape index (κ3) is 3.21. The van der Waals surface area contributed by atoms with Gasteiger partial charge in [-0.25, -0.2) is 4.68 Å². The zero-order valence-corrected chi connectivity index (χ0v) is 11.9. The molecule has 106 valence electrons. The molecular weight excluding hydrogens is 254 g/mol. The van der Waals surface area contributed by atoms with E-state index < -0.39 is 0 Å². The summed E-state index contributed by atoms with van der Waals surface area (Å²) in [5, 5.41) is 10.7. The van der Waals surface area contributed by atoms with Crippen LogP contribution < -0.4 is 11.1 Å². The van der Waals surface area contributed by atoms with E-state index in [9.17, 15) is 4.79 Å². The Labute approximate surface area is 118 Å². The SMILES string of the molecule is Cc1cccc(C)c1NC(=O)Cn1cc(C(C)N)nn1. The molecule has 1 atom stereocenters. The second kappa shape index (κ2) is 5.83. The first-order valence-electron chi connectivity index (χ1n) is 6.49. The fraction of sp³-hybridized carbons (Fsp3) is 0.357. The number of hydrogen-bond acceptors (Lipinski definition) is 4. The minimum Gasteiger partial charge on any atom is -0.324 e. The van der Waals surface area contributed by atoms with E-state index in [4.69, 9.17) is 5.73 Å². The lowest BCUT2D eigenvalue weighted by Crippen LogP contribution is -2.20. The van der Waals surface area contributed by atoms with Gasteiger partial charge in [-0.3, -0.25) is 4.79 Å². The molecule has 0 radical (unpaired) electrons. The predicted molar refractivity (Wildman–Crippen MR) is 77.2 cm³/mol. The molecule has 2 aromatic rings. The standard InChI is InChI=1S/C14H19N5O/c1-9-5-4-6-10(2)14(9)16-13(20)8-19-7-12(11(3)15)17-18-19/h4-7,11H,8,15H2,1-3H3,(H,16,20). The van der Waals surface area contributed by atoms with Crippen molar-refractivity contribution in [1.82, 2.24) is 15.0 Å². The second-order valence-corrected chi connectivity index (χ2v) is 4.94. The van der Waals surface area contributed by atoms with Gasteiger partial charge < -0.3 is 11.1 Å². The molecule has 0 saturated heterocycles. The number of carbonyl (C=O) groups is 1. The summed E-state index contributed by atoms with van der Waals surface area (Å²) in [6, 6.07) is 5.70. The van der Waals surface area contributed by atoms with Gasteiger partial charge in [-0.2, -0.15) is 0 Å². The first-order valence-corrected chi connectivity index (χ1v) is 6.49. The van der Waals surface area contributed by atoms with Gasteiger partial charge in [0.25, 0.3) is 0 Å². The molecule has 6 heteroatoms. The van der Waals surface area contributed by atoms with Gasteiger partial charge in [0.2, 0.25) is 5.91 Å². The zero-order chi connectivity index (χ0) is 14.7. The Kier molecular flexibility index (Phi) is 4.14. The Morgan fingerprint density at radius 2 is 2.05 bits per heavy atom. The van der Waals surface area contributed by atoms with Gasteiger partial charge in [-0.05, 0) is 31.9 Å². The van der Waals surface area contributed by atoms with Crippen LogP contribution in [0.5, 0.6) is 0 Å². The van der Waals surface area contributed by atoms with E-state index in [2.05, 4.69) is 15.6 Å². The highest BCUT2D eigenvalue weighted by atomic mass is 16.2. The maximum atomic E-state index is 12.0. The van der Waals surface area contributed by atoms with Crippen molar-refractivity contribution in [3.63, 3.8) is 0 Å². The molecule has 1 aromatic carbocycles. The van der Waals surface area contributed by atoms with Gasteiger partial charge in [0.05, 0.1) is 11.9 Å². The molecule has 3 N–H and O–H groups in total. The van der Waals surface area contributed by atoms with Crippen molar-refractivity contribution in [2.24, 2.45) is 5.73 Å². The molecule has 0 saturated carbocycles. The number of nitrogens with one attached hydrogen (secondary N) is 1. The number of carbonyl (C=O) groups excluding carboxylic acids is 1. The summed E-state index contributed by atoms with van der Waals surface area (Å²) in [5.74, 6) is -0.136. The molecule has 0 aliphatic heterocycles. The van der Waals surface area contributed by atoms with E-state index in [-0.39, 0.29) is 18.5 Å². The van der Waals surface area contributed by atoms with Crippen LogP contribution in [0.15, 0.2) is 24.4 Å². The van der Waals surface area contributed by atoms with E-state index in [1.54, 1.807) is 6.20 Å². The number of nitrogens with two attached hydrogens (primary N) is 1. The Hall–Kier alpha value is -2.21. The molecule has 0 bridgehead atoms. The van der Waals surface area contributed by atoms with Crippen LogP contribution in [0.25, 0.3) is 0 Å². The van der Waals surface area contributed by atoms with Gasteiger partial charge in [0.15, 0.2) is 0 Å². The van der Waals surface area contributed by atoms with Crippen LogP contribution in [0.2, 0.25) is 0 Å². The van der Waals surface area contributed by atoms with Crippen molar-refractivity contribution in [2.45, 2.75) is 33.4 Å². The van der Waals surface area contributed by atoms with Crippen molar-refractivity contribution in [3.8, 4) is 0 Å². The van der Waals surface area contributed by atoms with Crippen molar-refractivity contribution < 1.29 is 4.79 Å². The molecule has 0 fully saturated rings. The molecular formula is C14H19N5O. The van der Waals surface area contributed by atoms with Gasteiger partial charge >= 0.3 is 0 Å². The summed E-state index contributed by atoms with van der Waals surface area (Å²) >= 11 is 0. The summed E-state index contributed by atoms with van der Waals surface area (Å²) in [5.41, 5.74) is 9.30. The highest BCUT2D eigenvalue weighted by molar-refractivity contribution is 5.92. The normalized spacial score (nSPS) is 12.2. The summed E-state index contributed by atoms with van der Waals surface area (Å²) in [7, 11) is 0. The van der Waals surface area contributed by atoms with Gasteiger partial charge in [-0.1, -0.05) is 23.4 Å². The molecule has 0 aliphatic carbocycles. The fourth-order valence-corrected chi connectivity index (χ4v) is 1.94. The molecule has 0 spiro atoms. The van der Waals surface area contributed by atoms with Crippen LogP contribution in [0.3, 0.4) is 0 Å². The predicted octanol–water partition coefficient (Wildman–Crippen LogP) is 1.55. The molecule has 1 amide bonds. The Morgan fingerprint density at radius 3 is 2.60 bits per heavy atom. The van der Waals surface area contributed by atoms with Crippen LogP contribution in [-0.2, 0) is 11.3 Å². The number of benzene rings is 1. The van der Waals surface area contributed by atoms with Crippen LogP contribution in [0.1, 0.15) is 29.8 Å². The van der Waals surface area contributed by atoms with Crippen molar-refractivity contribution >= 4 is 11.6 Å². The minimum absolute atomic E-state index is 0.119. The highest BCUT2D eigenvalue weighted by Gasteiger charge is 2.10. The number of aryl methyl sites for hydroxylation is 2. The lowest BCUT2D eigenvalue weighted by molar-refractivity contribution is -0.116. The highest BCUT2D eigenvalue weighted by Crippen LogP contribution is 2.19. The quantitative estimate of drug-likeness (QED) is 0.885. The molecule has 6 nitrogen and oxygen atoms in total. The van der Waals surface area contributed by atoms with Crippen molar-refractivity contribution in [3.05, 3.63) is 41.2 Å². The first-order chi connectivity index (χ1) is 9.47. The molecule has 0 aliphatic rings. The first kappa shape index (κ1) is 14.2. The maximum absolute atomic E-state index is 12.0. The van der Waals surface area contributed by atoms with Gasteiger partial charge in [0.1, 0.15) is 6.54 Å². The summed E-state index contributed by atoms with van der Waals surface area (Å²) < 4.78 is 1.49. The van der Waals surface area contributed by atoms with E-state index in [0.29, 0.717) is 5.69 Å². The number of nitrogens with zero attached hydrogens (tertiary/aromatic N) is 3. The van der Waals surface area contributed by atoms with E-state index in [1.807, 2.05) is 39.0 Å². The number of aromatic nitrogens is 3. The van der Waals surface area contributed by atoms with Crippen LogP contribution in [0, 0.1) is 13.8 Å². The summed E-state index contributed by atoms with van der Waals surface area (Å²) in [6.07, 6.45) is 1.69. The summed E-state index contributed by atoms with van der Waals surface area (Å²) in [4.78, 5) is 12.0. The van der Waals surface area contributed by atoms with Crippen LogP contribution >= 0.6 is 0 Å². The lowest BCUT2D eigenvalue weighted by atomic mass is 10.1. The Bertz CT molecular complexity index is 598. The molecule has 1 aromatic heterocycles. The number of anilines is 1. The number of hydrogen-bond donors (Lipinski definition) is 2. The topological polar surface area (TPSA) is 85.8 Å². The van der Waals surface area contributed by atoms with E-state index >= 15 is 0 Å². The van der Waals surface area contributed by atoms with Crippen LogP contribution in [0.4, 0.5) is 5.69 Å². The lowest BCUT2D eigenvalue weighted by Gasteiger charge is -2.11. The Morgan fingerprint density at radius 1 is 1.40 bits per heavy atom. The Balaban J connectivity index is 2.05. The maximum Gasteiger partial charge on any atom is 0.246 e. The average molecular weight is 273 g/mol. The molecule has 2 rings (SSSR count). The molecule has 20 heavy (non-hydrogen) atoms. The summed E-state index contributed by atoms with van der Waals surface area (Å²) in [6.45, 7) is 5.87. The molecule has 1 unspecified atom stereocenters.